The molecule has 12 heteroatoms. The zero-order chi connectivity index (χ0) is 29.5. The highest BCUT2D eigenvalue weighted by atomic mass is 79.9. The molecule has 3 aromatic carbocycles. The number of ether oxygens (including phenoxy) is 1. The summed E-state index contributed by atoms with van der Waals surface area (Å²) in [6.45, 7) is -0.0821. The minimum Gasteiger partial charge on any atom is -0.508 e. The molecular weight excluding hydrogens is 644 g/mol. The van der Waals surface area contributed by atoms with E-state index in [9.17, 15) is 14.7 Å². The van der Waals surface area contributed by atoms with Crippen molar-refractivity contribution in [3.8, 4) is 11.5 Å². The van der Waals surface area contributed by atoms with E-state index in [0.29, 0.717) is 37.9 Å². The van der Waals surface area contributed by atoms with Crippen LogP contribution in [0.15, 0.2) is 109 Å². The van der Waals surface area contributed by atoms with Crippen LogP contribution >= 0.6 is 39.3 Å². The monoisotopic (exact) mass is 664 g/mol. The molecule has 0 radical (unpaired) electrons. The van der Waals surface area contributed by atoms with Crippen molar-refractivity contribution in [2.24, 2.45) is 10.2 Å². The molecule has 2 heterocycles. The third kappa shape index (κ3) is 7.69. The summed E-state index contributed by atoms with van der Waals surface area (Å²) in [5.41, 5.74) is 1.91. The molecule has 1 aliphatic heterocycles. The van der Waals surface area contributed by atoms with E-state index in [4.69, 9.17) is 20.8 Å². The Bertz CT molecular complexity index is 1670. The molecule has 0 atom stereocenters. The molecule has 1 aromatic heterocycles. The second-order valence-electron chi connectivity index (χ2n) is 8.83. The lowest BCUT2D eigenvalue weighted by Gasteiger charge is -2.13. The van der Waals surface area contributed by atoms with Crippen LogP contribution in [0.5, 0.6) is 11.5 Å². The number of nitrogens with one attached hydrogen (secondary N) is 1. The first-order chi connectivity index (χ1) is 20.3. The number of thioether (sulfide) groups is 1. The Morgan fingerprint density at radius 1 is 1.12 bits per heavy atom. The Balaban J connectivity index is 1.36. The van der Waals surface area contributed by atoms with E-state index in [-0.39, 0.29) is 30.7 Å². The van der Waals surface area contributed by atoms with Crippen molar-refractivity contribution >= 4 is 74.3 Å². The first-order valence-corrected chi connectivity index (χ1v) is 14.4. The third-order valence-corrected chi connectivity index (χ3v) is 7.51. The van der Waals surface area contributed by atoms with Crippen molar-refractivity contribution in [1.82, 2.24) is 4.90 Å². The molecule has 0 saturated carbocycles. The van der Waals surface area contributed by atoms with Crippen LogP contribution in [-0.2, 0) is 16.1 Å². The summed E-state index contributed by atoms with van der Waals surface area (Å²) in [5.74, 6) is 0.502. The van der Waals surface area contributed by atoms with Crippen molar-refractivity contribution < 1.29 is 23.8 Å². The van der Waals surface area contributed by atoms with Gasteiger partial charge in [-0.25, -0.2) is 0 Å². The Kier molecular flexibility index (Phi) is 9.42. The number of halogens is 2. The van der Waals surface area contributed by atoms with Gasteiger partial charge in [-0.05, 0) is 102 Å². The number of anilines is 1. The molecule has 1 aliphatic rings. The van der Waals surface area contributed by atoms with Gasteiger partial charge in [0, 0.05) is 20.7 Å². The normalized spacial score (nSPS) is 15.2. The number of carbonyl (C=O) groups is 2. The number of phenols is 1. The maximum Gasteiger partial charge on any atom is 0.267 e. The maximum absolute atomic E-state index is 13.5. The van der Waals surface area contributed by atoms with Crippen molar-refractivity contribution in [2.45, 2.75) is 6.54 Å². The number of aromatic hydroxyl groups is 1. The standard InChI is InChI=1S/C30H22BrClN4O5S/c31-21-5-12-26(41-18-28(38)34-23-8-6-22(32)7-9-23)20(14-21)15-27-29(39)36(17-25-2-1-13-40-25)30(42-27)35-33-16-19-3-10-24(37)11-4-19/h1-16,37H,17-18H2,(H,34,38)/b27-15-,33-16+,35-30-. The predicted octanol–water partition coefficient (Wildman–Crippen LogP) is 6.93. The van der Waals surface area contributed by atoms with Crippen molar-refractivity contribution in [2.75, 3.05) is 11.9 Å². The van der Waals surface area contributed by atoms with Gasteiger partial charge in [-0.2, -0.15) is 5.10 Å². The van der Waals surface area contributed by atoms with E-state index in [1.54, 1.807) is 84.9 Å². The largest absolute Gasteiger partial charge is 0.508 e. The smallest absolute Gasteiger partial charge is 0.267 e. The Morgan fingerprint density at radius 3 is 2.64 bits per heavy atom. The predicted molar refractivity (Wildman–Crippen MR) is 168 cm³/mol. The van der Waals surface area contributed by atoms with Crippen molar-refractivity contribution in [1.29, 1.82) is 0 Å². The summed E-state index contributed by atoms with van der Waals surface area (Å²) in [5, 5.41) is 21.6. The molecule has 212 valence electrons. The average molecular weight is 666 g/mol. The van der Waals surface area contributed by atoms with Gasteiger partial charge < -0.3 is 19.6 Å². The summed E-state index contributed by atoms with van der Waals surface area (Å²) < 4.78 is 12.1. The number of rotatable bonds is 9. The number of amides is 2. The van der Waals surface area contributed by atoms with E-state index >= 15 is 0 Å². The quantitative estimate of drug-likeness (QED) is 0.114. The number of hydrogen-bond donors (Lipinski definition) is 2. The first kappa shape index (κ1) is 29.2. The van der Waals surface area contributed by atoms with Gasteiger partial charge in [-0.15, -0.1) is 5.10 Å². The molecule has 5 rings (SSSR count). The fourth-order valence-corrected chi connectivity index (χ4v) is 5.19. The lowest BCUT2D eigenvalue weighted by Crippen LogP contribution is -2.28. The summed E-state index contributed by atoms with van der Waals surface area (Å²) >= 11 is 10.5. The van der Waals surface area contributed by atoms with E-state index in [1.165, 1.54) is 17.4 Å². The molecule has 9 nitrogen and oxygen atoms in total. The molecule has 0 bridgehead atoms. The number of benzene rings is 3. The minimum absolute atomic E-state index is 0.146. The van der Waals surface area contributed by atoms with Crippen LogP contribution in [-0.4, -0.2) is 39.8 Å². The maximum atomic E-state index is 13.5. The van der Waals surface area contributed by atoms with Crippen LogP contribution in [0.25, 0.3) is 6.08 Å². The van der Waals surface area contributed by atoms with Gasteiger partial charge in [0.05, 0.1) is 23.9 Å². The average Bonchev–Trinajstić information content (AvgIpc) is 3.59. The van der Waals surface area contributed by atoms with E-state index in [1.807, 2.05) is 0 Å². The second kappa shape index (κ2) is 13.6. The van der Waals surface area contributed by atoms with Gasteiger partial charge in [0.25, 0.3) is 11.8 Å². The number of carbonyl (C=O) groups excluding carboxylic acids is 2. The van der Waals surface area contributed by atoms with E-state index < -0.39 is 0 Å². The molecule has 1 fully saturated rings. The van der Waals surface area contributed by atoms with Crippen LogP contribution in [0, 0.1) is 0 Å². The molecule has 2 N–H and O–H groups in total. The Morgan fingerprint density at radius 2 is 1.90 bits per heavy atom. The summed E-state index contributed by atoms with van der Waals surface area (Å²) in [6, 6.07) is 22.0. The zero-order valence-corrected chi connectivity index (χ0v) is 24.9. The molecular formula is C30H22BrClN4O5S. The Labute approximate surface area is 258 Å². The van der Waals surface area contributed by atoms with Gasteiger partial charge >= 0.3 is 0 Å². The van der Waals surface area contributed by atoms with Crippen molar-refractivity contribution in [3.05, 3.63) is 116 Å². The van der Waals surface area contributed by atoms with Gasteiger partial charge in [0.15, 0.2) is 11.8 Å². The third-order valence-electron chi connectivity index (χ3n) is 5.77. The van der Waals surface area contributed by atoms with Crippen LogP contribution in [0.2, 0.25) is 5.02 Å². The topological polar surface area (TPSA) is 117 Å². The lowest BCUT2D eigenvalue weighted by molar-refractivity contribution is -0.122. The minimum atomic E-state index is -0.351. The number of phenolic OH excluding ortho intramolecular Hbond substituents is 1. The molecule has 0 spiro atoms. The van der Waals surface area contributed by atoms with Crippen LogP contribution in [0.1, 0.15) is 16.9 Å². The van der Waals surface area contributed by atoms with Crippen LogP contribution in [0.3, 0.4) is 0 Å². The SMILES string of the molecule is O=C(COc1ccc(Br)cc1/C=C1\S/C(=N\N=C\c2ccc(O)cc2)N(Cc2ccco2)C1=O)Nc1ccc(Cl)cc1. The van der Waals surface area contributed by atoms with Crippen LogP contribution < -0.4 is 10.1 Å². The molecule has 0 aliphatic carbocycles. The number of nitrogens with zero attached hydrogens (tertiary/aromatic N) is 3. The van der Waals surface area contributed by atoms with Gasteiger partial charge in [-0.3, -0.25) is 14.5 Å². The van der Waals surface area contributed by atoms with Gasteiger partial charge in [-0.1, -0.05) is 27.5 Å². The molecule has 1 saturated heterocycles. The highest BCUT2D eigenvalue weighted by Crippen LogP contribution is 2.36. The molecule has 42 heavy (non-hydrogen) atoms. The summed E-state index contributed by atoms with van der Waals surface area (Å²) in [6.07, 6.45) is 4.75. The second-order valence-corrected chi connectivity index (χ2v) is 11.2. The molecule has 0 unspecified atom stereocenters. The Hall–Kier alpha value is -4.32. The van der Waals surface area contributed by atoms with Gasteiger partial charge in [0.2, 0.25) is 0 Å². The van der Waals surface area contributed by atoms with Crippen LogP contribution in [0.4, 0.5) is 5.69 Å². The van der Waals surface area contributed by atoms with Gasteiger partial charge in [0.1, 0.15) is 17.3 Å². The van der Waals surface area contributed by atoms with Crippen molar-refractivity contribution in [3.63, 3.8) is 0 Å². The van der Waals surface area contributed by atoms with E-state index in [0.717, 1.165) is 21.8 Å². The number of amidine groups is 1. The first-order valence-electron chi connectivity index (χ1n) is 12.5. The molecule has 2 amide bonds. The fraction of sp³-hybridized carbons (Fsp3) is 0.0667. The highest BCUT2D eigenvalue weighted by molar-refractivity contribution is 9.10. The summed E-state index contributed by atoms with van der Waals surface area (Å²) in [7, 11) is 0. The number of furan rings is 1. The highest BCUT2D eigenvalue weighted by Gasteiger charge is 2.34. The summed E-state index contributed by atoms with van der Waals surface area (Å²) in [4.78, 5) is 27.9. The zero-order valence-electron chi connectivity index (χ0n) is 21.7. The molecule has 4 aromatic rings. The number of hydrogen-bond acceptors (Lipinski definition) is 8. The fourth-order valence-electron chi connectivity index (χ4n) is 3.76. The van der Waals surface area contributed by atoms with E-state index in [2.05, 4.69) is 31.4 Å². The lowest BCUT2D eigenvalue weighted by atomic mass is 10.2.